The van der Waals surface area contributed by atoms with Crippen molar-refractivity contribution in [3.8, 4) is 16.2 Å². The molecule has 2 rings (SSSR count). The molecule has 1 N–H and O–H groups in total. The second-order valence-corrected chi connectivity index (χ2v) is 6.07. The Balaban J connectivity index is 2.33. The summed E-state index contributed by atoms with van der Waals surface area (Å²) in [4.78, 5) is 1.27. The van der Waals surface area contributed by atoms with E-state index in [2.05, 4.69) is 51.7 Å². The first-order chi connectivity index (χ1) is 9.26. The van der Waals surface area contributed by atoms with Gasteiger partial charge < -0.3 is 10.1 Å². The fourth-order valence-electron chi connectivity index (χ4n) is 1.95. The third kappa shape index (κ3) is 3.59. The third-order valence-corrected chi connectivity index (χ3v) is 4.79. The number of rotatable bonds is 6. The molecule has 0 amide bonds. The average molecular weight is 340 g/mol. The van der Waals surface area contributed by atoms with E-state index in [9.17, 15) is 0 Å². The molecule has 0 aliphatic rings. The molecule has 0 saturated carbocycles. The van der Waals surface area contributed by atoms with Crippen LogP contribution in [0.2, 0.25) is 0 Å². The summed E-state index contributed by atoms with van der Waals surface area (Å²) in [5.41, 5.74) is 2.54. The van der Waals surface area contributed by atoms with Crippen LogP contribution in [0.4, 0.5) is 0 Å². The first-order valence-corrected chi connectivity index (χ1v) is 8.04. The van der Waals surface area contributed by atoms with Crippen molar-refractivity contribution in [2.45, 2.75) is 19.9 Å². The molecule has 0 saturated heterocycles. The smallest absolute Gasteiger partial charge is 0.119 e. The monoisotopic (exact) mass is 339 g/mol. The van der Waals surface area contributed by atoms with Crippen molar-refractivity contribution in [3.63, 3.8) is 0 Å². The maximum Gasteiger partial charge on any atom is 0.119 e. The van der Waals surface area contributed by atoms with E-state index in [0.29, 0.717) is 0 Å². The number of hydrogen-bond donors (Lipinski definition) is 1. The zero-order valence-corrected chi connectivity index (χ0v) is 13.6. The van der Waals surface area contributed by atoms with E-state index in [-0.39, 0.29) is 0 Å². The van der Waals surface area contributed by atoms with Crippen LogP contribution in [0.1, 0.15) is 18.9 Å². The van der Waals surface area contributed by atoms with Crippen molar-refractivity contribution in [2.24, 2.45) is 0 Å². The normalized spacial score (nSPS) is 10.7. The lowest BCUT2D eigenvalue weighted by Crippen LogP contribution is -2.14. The zero-order chi connectivity index (χ0) is 13.7. The summed E-state index contributed by atoms with van der Waals surface area (Å²) in [5, 5.41) is 5.56. The summed E-state index contributed by atoms with van der Waals surface area (Å²) in [6, 6.07) is 8.36. The molecule has 1 heterocycles. The van der Waals surface area contributed by atoms with Gasteiger partial charge in [-0.2, -0.15) is 0 Å². The molecule has 102 valence electrons. The summed E-state index contributed by atoms with van der Waals surface area (Å²) in [5.74, 6) is 0.907. The standard InChI is InChI=1S/C15H18BrNOS/c1-3-7-17-10-11-9-12(18-2)4-5-13(11)15-14(16)6-8-19-15/h4-6,8-9,17H,3,7,10H2,1-2H3. The van der Waals surface area contributed by atoms with Gasteiger partial charge in [0, 0.05) is 15.9 Å². The van der Waals surface area contributed by atoms with Crippen LogP contribution in [-0.4, -0.2) is 13.7 Å². The molecule has 1 aromatic heterocycles. The van der Waals surface area contributed by atoms with Crippen molar-refractivity contribution in [1.29, 1.82) is 0 Å². The molecular formula is C15H18BrNOS. The number of nitrogens with one attached hydrogen (secondary N) is 1. The van der Waals surface area contributed by atoms with Crippen LogP contribution in [0.3, 0.4) is 0 Å². The SMILES string of the molecule is CCCNCc1cc(OC)ccc1-c1sccc1Br. The van der Waals surface area contributed by atoms with Crippen LogP contribution < -0.4 is 10.1 Å². The summed E-state index contributed by atoms with van der Waals surface area (Å²) in [6.45, 7) is 4.07. The number of ether oxygens (including phenoxy) is 1. The van der Waals surface area contributed by atoms with Crippen LogP contribution in [0.5, 0.6) is 5.75 Å². The van der Waals surface area contributed by atoms with Gasteiger partial charge in [0.25, 0.3) is 0 Å². The summed E-state index contributed by atoms with van der Waals surface area (Å²) in [6.07, 6.45) is 1.14. The van der Waals surface area contributed by atoms with E-state index in [4.69, 9.17) is 4.74 Å². The maximum absolute atomic E-state index is 5.33. The molecule has 0 radical (unpaired) electrons. The topological polar surface area (TPSA) is 21.3 Å². The highest BCUT2D eigenvalue weighted by atomic mass is 79.9. The Morgan fingerprint density at radius 3 is 2.79 bits per heavy atom. The third-order valence-electron chi connectivity index (χ3n) is 2.92. The Bertz CT molecular complexity index is 539. The number of methoxy groups -OCH3 is 1. The average Bonchev–Trinajstić information content (AvgIpc) is 2.85. The van der Waals surface area contributed by atoms with E-state index >= 15 is 0 Å². The molecule has 2 nitrogen and oxygen atoms in total. The van der Waals surface area contributed by atoms with Crippen LogP contribution in [0, 0.1) is 0 Å². The summed E-state index contributed by atoms with van der Waals surface area (Å²) < 4.78 is 6.48. The molecule has 0 fully saturated rings. The van der Waals surface area contributed by atoms with Gasteiger partial charge in [0.15, 0.2) is 0 Å². The van der Waals surface area contributed by atoms with Gasteiger partial charge in [-0.15, -0.1) is 11.3 Å². The number of halogens is 1. The highest BCUT2D eigenvalue weighted by Crippen LogP contribution is 2.36. The van der Waals surface area contributed by atoms with Gasteiger partial charge in [0.2, 0.25) is 0 Å². The fourth-order valence-corrected chi connectivity index (χ4v) is 3.60. The Labute approximate surface area is 126 Å². The molecule has 0 aliphatic heterocycles. The largest absolute Gasteiger partial charge is 0.497 e. The fraction of sp³-hybridized carbons (Fsp3) is 0.333. The van der Waals surface area contributed by atoms with E-state index in [1.165, 1.54) is 16.0 Å². The van der Waals surface area contributed by atoms with Crippen LogP contribution in [0.25, 0.3) is 10.4 Å². The van der Waals surface area contributed by atoms with Crippen LogP contribution in [-0.2, 0) is 6.54 Å². The van der Waals surface area contributed by atoms with Crippen LogP contribution in [0.15, 0.2) is 34.1 Å². The van der Waals surface area contributed by atoms with E-state index in [1.54, 1.807) is 18.4 Å². The maximum atomic E-state index is 5.33. The van der Waals surface area contributed by atoms with Crippen LogP contribution >= 0.6 is 27.3 Å². The van der Waals surface area contributed by atoms with Gasteiger partial charge in [-0.1, -0.05) is 6.92 Å². The van der Waals surface area contributed by atoms with Gasteiger partial charge in [-0.05, 0) is 69.7 Å². The van der Waals surface area contributed by atoms with Crippen molar-refractivity contribution >= 4 is 27.3 Å². The second kappa shape index (κ2) is 7.08. The second-order valence-electron chi connectivity index (χ2n) is 4.30. The zero-order valence-electron chi connectivity index (χ0n) is 11.2. The Morgan fingerprint density at radius 1 is 1.32 bits per heavy atom. The Hall–Kier alpha value is -0.840. The summed E-state index contributed by atoms with van der Waals surface area (Å²) in [7, 11) is 1.71. The molecule has 1 aromatic carbocycles. The molecule has 0 aliphatic carbocycles. The molecular weight excluding hydrogens is 322 g/mol. The van der Waals surface area contributed by atoms with Gasteiger partial charge >= 0.3 is 0 Å². The number of thiophene rings is 1. The van der Waals surface area contributed by atoms with Crippen molar-refractivity contribution in [3.05, 3.63) is 39.7 Å². The van der Waals surface area contributed by atoms with E-state index in [0.717, 1.165) is 29.7 Å². The highest BCUT2D eigenvalue weighted by Gasteiger charge is 2.10. The van der Waals surface area contributed by atoms with Gasteiger partial charge in [0.05, 0.1) is 7.11 Å². The minimum atomic E-state index is 0.866. The predicted octanol–water partition coefficient (Wildman–Crippen LogP) is 4.69. The summed E-state index contributed by atoms with van der Waals surface area (Å²) >= 11 is 5.37. The lowest BCUT2D eigenvalue weighted by atomic mass is 10.1. The van der Waals surface area contributed by atoms with Crippen molar-refractivity contribution in [2.75, 3.05) is 13.7 Å². The molecule has 19 heavy (non-hydrogen) atoms. The number of hydrogen-bond acceptors (Lipinski definition) is 3. The predicted molar refractivity (Wildman–Crippen MR) is 86.0 cm³/mol. The lowest BCUT2D eigenvalue weighted by molar-refractivity contribution is 0.414. The van der Waals surface area contributed by atoms with Gasteiger partial charge in [0.1, 0.15) is 5.75 Å². The molecule has 2 aromatic rings. The van der Waals surface area contributed by atoms with Gasteiger partial charge in [-0.3, -0.25) is 0 Å². The minimum Gasteiger partial charge on any atom is -0.497 e. The minimum absolute atomic E-state index is 0.866. The quantitative estimate of drug-likeness (QED) is 0.771. The van der Waals surface area contributed by atoms with Crippen molar-refractivity contribution in [1.82, 2.24) is 5.32 Å². The molecule has 0 atom stereocenters. The molecule has 0 spiro atoms. The first kappa shape index (κ1) is 14.6. The number of benzene rings is 1. The lowest BCUT2D eigenvalue weighted by Gasteiger charge is -2.12. The first-order valence-electron chi connectivity index (χ1n) is 6.37. The Kier molecular flexibility index (Phi) is 5.43. The van der Waals surface area contributed by atoms with E-state index in [1.807, 2.05) is 6.07 Å². The highest BCUT2D eigenvalue weighted by molar-refractivity contribution is 9.10. The van der Waals surface area contributed by atoms with E-state index < -0.39 is 0 Å². The Morgan fingerprint density at radius 2 is 2.16 bits per heavy atom. The molecule has 4 heteroatoms. The van der Waals surface area contributed by atoms with Gasteiger partial charge in [-0.25, -0.2) is 0 Å². The van der Waals surface area contributed by atoms with Crippen molar-refractivity contribution < 1.29 is 4.74 Å². The molecule has 0 unspecified atom stereocenters. The molecule has 0 bridgehead atoms.